The maximum Gasteiger partial charge on any atom is 0.407 e. The van der Waals surface area contributed by atoms with Crippen LogP contribution in [-0.4, -0.2) is 65.7 Å². The van der Waals surface area contributed by atoms with Crippen molar-refractivity contribution in [1.82, 2.24) is 30.7 Å². The highest BCUT2D eigenvalue weighted by molar-refractivity contribution is 5.79. The minimum Gasteiger partial charge on any atom is -0.444 e. The molecule has 0 aliphatic carbocycles. The molecule has 0 spiro atoms. The summed E-state index contributed by atoms with van der Waals surface area (Å²) >= 11 is 0. The van der Waals surface area contributed by atoms with Crippen LogP contribution in [0.2, 0.25) is 0 Å². The average Bonchev–Trinajstić information content (AvgIpc) is 3.00. The van der Waals surface area contributed by atoms with E-state index >= 15 is 0 Å². The summed E-state index contributed by atoms with van der Waals surface area (Å²) in [5.74, 6) is 2.46. The molecular weight excluding hydrogens is 362 g/mol. The number of rotatable bonds is 7. The molecule has 1 unspecified atom stereocenters. The first-order chi connectivity index (χ1) is 13.3. The van der Waals surface area contributed by atoms with Crippen molar-refractivity contribution in [3.05, 3.63) is 11.6 Å². The predicted molar refractivity (Wildman–Crippen MR) is 106 cm³/mol. The zero-order chi connectivity index (χ0) is 20.6. The molecule has 1 aromatic heterocycles. The van der Waals surface area contributed by atoms with E-state index in [-0.39, 0.29) is 6.04 Å². The van der Waals surface area contributed by atoms with Crippen LogP contribution in [0.4, 0.5) is 4.79 Å². The number of aryl methyl sites for hydroxylation is 1. The molecule has 28 heavy (non-hydrogen) atoms. The summed E-state index contributed by atoms with van der Waals surface area (Å²) in [4.78, 5) is 20.4. The summed E-state index contributed by atoms with van der Waals surface area (Å²) in [5.41, 5.74) is -0.484. The molecule has 10 nitrogen and oxygen atoms in total. The van der Waals surface area contributed by atoms with Gasteiger partial charge in [-0.1, -0.05) is 0 Å². The van der Waals surface area contributed by atoms with Gasteiger partial charge in [-0.3, -0.25) is 4.99 Å². The van der Waals surface area contributed by atoms with E-state index in [1.807, 2.05) is 25.5 Å². The topological polar surface area (TPSA) is 115 Å². The Kier molecular flexibility index (Phi) is 8.04. The summed E-state index contributed by atoms with van der Waals surface area (Å²) in [6.07, 6.45) is 2.20. The van der Waals surface area contributed by atoms with Crippen LogP contribution in [-0.2, 0) is 29.0 Å². The molecule has 158 valence electrons. The number of aromatic nitrogens is 3. The largest absolute Gasteiger partial charge is 0.444 e. The number of ether oxygens (including phenoxy) is 2. The fourth-order valence-corrected chi connectivity index (χ4v) is 2.86. The van der Waals surface area contributed by atoms with Crippen LogP contribution in [0, 0.1) is 0 Å². The maximum absolute atomic E-state index is 11.6. The van der Waals surface area contributed by atoms with Gasteiger partial charge < -0.3 is 25.4 Å². The Morgan fingerprint density at radius 1 is 1.32 bits per heavy atom. The van der Waals surface area contributed by atoms with E-state index in [4.69, 9.17) is 9.47 Å². The van der Waals surface area contributed by atoms with Crippen molar-refractivity contribution in [2.24, 2.45) is 4.99 Å². The third-order valence-electron chi connectivity index (χ3n) is 4.05. The molecule has 0 fully saturated rings. The number of guanidine groups is 1. The van der Waals surface area contributed by atoms with Crippen LogP contribution in [0.5, 0.6) is 0 Å². The number of hydrogen-bond acceptors (Lipinski definition) is 6. The summed E-state index contributed by atoms with van der Waals surface area (Å²) in [5, 5.41) is 13.9. The Hall–Kier alpha value is -2.36. The molecule has 1 aliphatic rings. The highest BCUT2D eigenvalue weighted by Crippen LogP contribution is 2.13. The smallest absolute Gasteiger partial charge is 0.407 e. The summed E-state index contributed by atoms with van der Waals surface area (Å²) in [7, 11) is 3.39. The van der Waals surface area contributed by atoms with E-state index in [1.54, 1.807) is 14.2 Å². The number of methoxy groups -OCH3 is 1. The first-order valence-electron chi connectivity index (χ1n) is 9.66. The first-order valence-corrected chi connectivity index (χ1v) is 9.66. The third kappa shape index (κ3) is 7.34. The van der Waals surface area contributed by atoms with Gasteiger partial charge in [0.15, 0.2) is 11.8 Å². The standard InChI is InChI=1S/C18H33N7O3/c1-18(2,3)28-17(26)21-10-6-9-20-16(19-4)22-13-7-8-15-23-14(12-27-5)24-25(15)11-13/h13H,6-12H2,1-5H3,(H,21,26)(H2,19,20,22). The van der Waals surface area contributed by atoms with Gasteiger partial charge in [0.1, 0.15) is 18.0 Å². The molecule has 0 aromatic carbocycles. The number of nitrogens with zero attached hydrogens (tertiary/aromatic N) is 4. The third-order valence-corrected chi connectivity index (χ3v) is 4.05. The fraction of sp³-hybridized carbons (Fsp3) is 0.778. The van der Waals surface area contributed by atoms with Gasteiger partial charge in [-0.05, 0) is 33.6 Å². The van der Waals surface area contributed by atoms with E-state index in [2.05, 4.69) is 31.0 Å². The highest BCUT2D eigenvalue weighted by Gasteiger charge is 2.22. The lowest BCUT2D eigenvalue weighted by atomic mass is 10.1. The van der Waals surface area contributed by atoms with Crippen LogP contribution in [0.3, 0.4) is 0 Å². The number of carbonyl (C=O) groups is 1. The lowest BCUT2D eigenvalue weighted by Crippen LogP contribution is -2.47. The van der Waals surface area contributed by atoms with Crippen LogP contribution in [0.1, 0.15) is 45.3 Å². The Morgan fingerprint density at radius 3 is 2.75 bits per heavy atom. The van der Waals surface area contributed by atoms with E-state index in [9.17, 15) is 4.79 Å². The number of alkyl carbamates (subject to hydrolysis) is 1. The summed E-state index contributed by atoms with van der Waals surface area (Å²) in [6, 6.07) is 0.232. The second kappa shape index (κ2) is 10.3. The van der Waals surface area contributed by atoms with E-state index in [0.717, 1.165) is 43.4 Å². The second-order valence-electron chi connectivity index (χ2n) is 7.72. The monoisotopic (exact) mass is 395 g/mol. The normalized spacial score (nSPS) is 17.0. The Bertz CT molecular complexity index is 667. The number of hydrogen-bond donors (Lipinski definition) is 3. The Balaban J connectivity index is 1.68. The predicted octanol–water partition coefficient (Wildman–Crippen LogP) is 0.819. The van der Waals surface area contributed by atoms with Crippen molar-refractivity contribution < 1.29 is 14.3 Å². The number of aliphatic imine (C=N–C) groups is 1. The molecule has 1 atom stereocenters. The molecule has 10 heteroatoms. The van der Waals surface area contributed by atoms with Crippen molar-refractivity contribution in [2.45, 2.75) is 64.8 Å². The molecule has 2 rings (SSSR count). The SMILES string of the molecule is CN=C(NCCCNC(=O)OC(C)(C)C)NC1CCc2nc(COC)nn2C1. The average molecular weight is 396 g/mol. The second-order valence-corrected chi connectivity index (χ2v) is 7.72. The number of carbonyl (C=O) groups excluding carboxylic acids is 1. The van der Waals surface area contributed by atoms with E-state index in [0.29, 0.717) is 19.7 Å². The molecule has 0 radical (unpaired) electrons. The van der Waals surface area contributed by atoms with Gasteiger partial charge >= 0.3 is 6.09 Å². The molecule has 1 aromatic rings. The maximum atomic E-state index is 11.6. The van der Waals surface area contributed by atoms with Gasteiger partial charge in [0.05, 0.1) is 6.54 Å². The minimum absolute atomic E-state index is 0.232. The number of nitrogens with one attached hydrogen (secondary N) is 3. The van der Waals surface area contributed by atoms with Gasteiger partial charge in [-0.15, -0.1) is 0 Å². The minimum atomic E-state index is -0.484. The lowest BCUT2D eigenvalue weighted by molar-refractivity contribution is 0.0527. The summed E-state index contributed by atoms with van der Waals surface area (Å²) < 4.78 is 12.2. The molecule has 0 saturated heterocycles. The van der Waals surface area contributed by atoms with Gasteiger partial charge in [-0.2, -0.15) is 5.10 Å². The molecule has 0 bridgehead atoms. The van der Waals surface area contributed by atoms with E-state index in [1.165, 1.54) is 0 Å². The van der Waals surface area contributed by atoms with Gasteiger partial charge in [0.2, 0.25) is 0 Å². The zero-order valence-corrected chi connectivity index (χ0v) is 17.5. The quantitative estimate of drug-likeness (QED) is 0.356. The number of amides is 1. The van der Waals surface area contributed by atoms with Gasteiger partial charge in [-0.25, -0.2) is 14.5 Å². The first kappa shape index (κ1) is 21.9. The van der Waals surface area contributed by atoms with Crippen molar-refractivity contribution in [3.63, 3.8) is 0 Å². The molecule has 2 heterocycles. The van der Waals surface area contributed by atoms with Crippen molar-refractivity contribution in [3.8, 4) is 0 Å². The molecule has 0 saturated carbocycles. The van der Waals surface area contributed by atoms with Crippen LogP contribution in [0.25, 0.3) is 0 Å². The Labute approximate surface area is 166 Å². The molecule has 3 N–H and O–H groups in total. The van der Waals surface area contributed by atoms with Crippen molar-refractivity contribution in [2.75, 3.05) is 27.2 Å². The lowest BCUT2D eigenvalue weighted by Gasteiger charge is -2.25. The van der Waals surface area contributed by atoms with Crippen molar-refractivity contribution in [1.29, 1.82) is 0 Å². The molecule has 1 amide bonds. The Morgan fingerprint density at radius 2 is 2.07 bits per heavy atom. The van der Waals surface area contributed by atoms with Crippen LogP contribution in [0.15, 0.2) is 4.99 Å². The van der Waals surface area contributed by atoms with Gasteiger partial charge in [0, 0.05) is 39.7 Å². The zero-order valence-electron chi connectivity index (χ0n) is 17.5. The molecular formula is C18H33N7O3. The van der Waals surface area contributed by atoms with Gasteiger partial charge in [0.25, 0.3) is 0 Å². The molecule has 1 aliphatic heterocycles. The van der Waals surface area contributed by atoms with Crippen LogP contribution < -0.4 is 16.0 Å². The highest BCUT2D eigenvalue weighted by atomic mass is 16.6. The van der Waals surface area contributed by atoms with Crippen LogP contribution >= 0.6 is 0 Å². The van der Waals surface area contributed by atoms with E-state index < -0.39 is 11.7 Å². The summed E-state index contributed by atoms with van der Waals surface area (Å²) in [6.45, 7) is 7.93. The number of fused-ring (bicyclic) bond motifs is 1. The fourth-order valence-electron chi connectivity index (χ4n) is 2.86. The van der Waals surface area contributed by atoms with Crippen molar-refractivity contribution >= 4 is 12.1 Å².